The highest BCUT2D eigenvalue weighted by atomic mass is 32.2. The molecule has 0 saturated carbocycles. The molecule has 2 nitrogen and oxygen atoms in total. The molecule has 0 amide bonds. The van der Waals surface area contributed by atoms with E-state index in [2.05, 4.69) is 0 Å². The maximum absolute atomic E-state index is 11.9. The first-order valence-electron chi connectivity index (χ1n) is 5.44. The number of Topliss-reactive ketones (excluding diaryl/α,β-unsaturated/α-hetero) is 2. The zero-order valence-electron chi connectivity index (χ0n) is 9.88. The van der Waals surface area contributed by atoms with Crippen molar-refractivity contribution < 1.29 is 9.59 Å². The molecule has 0 aliphatic heterocycles. The van der Waals surface area contributed by atoms with E-state index in [1.54, 1.807) is 30.0 Å². The third kappa shape index (κ3) is 3.09. The summed E-state index contributed by atoms with van der Waals surface area (Å²) in [4.78, 5) is 25.5. The average molecular weight is 276 g/mol. The van der Waals surface area contributed by atoms with Crippen LogP contribution in [0.5, 0.6) is 0 Å². The minimum absolute atomic E-state index is 0.0564. The van der Waals surface area contributed by atoms with Crippen molar-refractivity contribution in [3.8, 4) is 0 Å². The van der Waals surface area contributed by atoms with Crippen LogP contribution in [0.15, 0.2) is 46.7 Å². The lowest BCUT2D eigenvalue weighted by Gasteiger charge is -2.01. The van der Waals surface area contributed by atoms with Gasteiger partial charge in [-0.25, -0.2) is 0 Å². The predicted molar refractivity (Wildman–Crippen MR) is 75.8 cm³/mol. The number of rotatable bonds is 5. The van der Waals surface area contributed by atoms with Crippen LogP contribution in [-0.2, 0) is 0 Å². The maximum atomic E-state index is 11.9. The van der Waals surface area contributed by atoms with Gasteiger partial charge in [0.1, 0.15) is 0 Å². The second-order valence-corrected chi connectivity index (χ2v) is 5.56. The lowest BCUT2D eigenvalue weighted by atomic mass is 10.1. The molecule has 0 unspecified atom stereocenters. The number of ketones is 2. The van der Waals surface area contributed by atoms with E-state index in [0.29, 0.717) is 10.4 Å². The zero-order valence-corrected chi connectivity index (χ0v) is 11.5. The summed E-state index contributed by atoms with van der Waals surface area (Å²) >= 11 is 2.99. The van der Waals surface area contributed by atoms with E-state index in [4.69, 9.17) is 0 Å². The van der Waals surface area contributed by atoms with Gasteiger partial charge in [0.05, 0.1) is 11.3 Å². The van der Waals surface area contributed by atoms with Gasteiger partial charge in [0.25, 0.3) is 0 Å². The van der Waals surface area contributed by atoms with Crippen LogP contribution in [0.1, 0.15) is 26.5 Å². The van der Waals surface area contributed by atoms with Gasteiger partial charge in [-0.3, -0.25) is 9.59 Å². The molecular weight excluding hydrogens is 264 g/mol. The molecule has 0 spiro atoms. The van der Waals surface area contributed by atoms with Crippen molar-refractivity contribution in [2.45, 2.75) is 11.3 Å². The lowest BCUT2D eigenvalue weighted by molar-refractivity contribution is 0.0896. The Labute approximate surface area is 114 Å². The molecule has 1 heterocycles. The van der Waals surface area contributed by atoms with Crippen LogP contribution in [0.4, 0.5) is 0 Å². The van der Waals surface area contributed by atoms with E-state index in [1.165, 1.54) is 11.3 Å². The molecule has 2 aromatic rings. The van der Waals surface area contributed by atoms with E-state index in [9.17, 15) is 9.59 Å². The van der Waals surface area contributed by atoms with E-state index in [1.807, 2.05) is 29.8 Å². The Kier molecular flexibility index (Phi) is 4.33. The minimum Gasteiger partial charge on any atom is -0.294 e. The summed E-state index contributed by atoms with van der Waals surface area (Å²) in [7, 11) is 0. The fraction of sp³-hybridized carbons (Fsp3) is 0.143. The highest BCUT2D eigenvalue weighted by Gasteiger charge is 2.14. The first-order chi connectivity index (χ1) is 8.70. The van der Waals surface area contributed by atoms with Crippen molar-refractivity contribution in [2.75, 3.05) is 6.26 Å². The van der Waals surface area contributed by atoms with Crippen molar-refractivity contribution in [3.63, 3.8) is 0 Å². The van der Waals surface area contributed by atoms with Gasteiger partial charge in [0.15, 0.2) is 11.6 Å². The number of hydrogen-bond donors (Lipinski definition) is 0. The van der Waals surface area contributed by atoms with Gasteiger partial charge in [-0.15, -0.1) is 23.1 Å². The number of carbonyl (C=O) groups excluding carboxylic acids is 2. The van der Waals surface area contributed by atoms with Gasteiger partial charge in [0, 0.05) is 10.5 Å². The van der Waals surface area contributed by atoms with Gasteiger partial charge >= 0.3 is 0 Å². The molecule has 1 aromatic carbocycles. The Balaban J connectivity index is 2.05. The lowest BCUT2D eigenvalue weighted by Crippen LogP contribution is -2.07. The van der Waals surface area contributed by atoms with Gasteiger partial charge in [0.2, 0.25) is 0 Å². The molecule has 0 aliphatic carbocycles. The largest absolute Gasteiger partial charge is 0.294 e. The first-order valence-corrected chi connectivity index (χ1v) is 7.55. The zero-order chi connectivity index (χ0) is 13.0. The molecule has 4 heteroatoms. The fourth-order valence-electron chi connectivity index (χ4n) is 1.55. The second kappa shape index (κ2) is 5.98. The highest BCUT2D eigenvalue weighted by molar-refractivity contribution is 7.98. The summed E-state index contributed by atoms with van der Waals surface area (Å²) in [5.41, 5.74) is 0.595. The second-order valence-electron chi connectivity index (χ2n) is 3.73. The smallest absolute Gasteiger partial charge is 0.180 e. The molecule has 0 N–H and O–H groups in total. The number of benzene rings is 1. The van der Waals surface area contributed by atoms with E-state index < -0.39 is 0 Å². The average Bonchev–Trinajstić information content (AvgIpc) is 2.92. The molecule has 0 fully saturated rings. The minimum atomic E-state index is -0.124. The monoisotopic (exact) mass is 276 g/mol. The van der Waals surface area contributed by atoms with Gasteiger partial charge in [-0.2, -0.15) is 0 Å². The Morgan fingerprint density at radius 2 is 1.83 bits per heavy atom. The molecular formula is C14H12O2S2. The van der Waals surface area contributed by atoms with Crippen molar-refractivity contribution in [2.24, 2.45) is 0 Å². The standard InChI is InChI=1S/C14H12O2S2/c1-17-11-6-4-10(5-7-11)12(15)9-13(16)14-3-2-8-18-14/h2-8H,9H2,1H3. The summed E-state index contributed by atoms with van der Waals surface area (Å²) in [6.45, 7) is 0. The molecule has 1 aromatic heterocycles. The summed E-state index contributed by atoms with van der Waals surface area (Å²) in [6.07, 6.45) is 1.93. The third-order valence-electron chi connectivity index (χ3n) is 2.53. The molecule has 0 aliphatic rings. The summed E-state index contributed by atoms with van der Waals surface area (Å²) in [5.74, 6) is -0.231. The Morgan fingerprint density at radius 1 is 1.11 bits per heavy atom. The van der Waals surface area contributed by atoms with Crippen LogP contribution < -0.4 is 0 Å². The quantitative estimate of drug-likeness (QED) is 0.471. The molecule has 18 heavy (non-hydrogen) atoms. The Morgan fingerprint density at radius 3 is 2.39 bits per heavy atom. The summed E-state index contributed by atoms with van der Waals surface area (Å²) in [6, 6.07) is 10.9. The molecule has 0 saturated heterocycles. The number of hydrogen-bond acceptors (Lipinski definition) is 4. The number of thiophene rings is 1. The molecule has 0 atom stereocenters. The number of thioether (sulfide) groups is 1. The van der Waals surface area contributed by atoms with E-state index >= 15 is 0 Å². The third-order valence-corrected chi connectivity index (χ3v) is 4.18. The van der Waals surface area contributed by atoms with Crippen molar-refractivity contribution >= 4 is 34.7 Å². The van der Waals surface area contributed by atoms with Crippen LogP contribution in [0.25, 0.3) is 0 Å². The topological polar surface area (TPSA) is 34.1 Å². The van der Waals surface area contributed by atoms with Crippen LogP contribution in [0.3, 0.4) is 0 Å². The van der Waals surface area contributed by atoms with Crippen LogP contribution in [-0.4, -0.2) is 17.8 Å². The van der Waals surface area contributed by atoms with Crippen LogP contribution in [0, 0.1) is 0 Å². The summed E-state index contributed by atoms with van der Waals surface area (Å²) in [5, 5.41) is 1.84. The van der Waals surface area contributed by atoms with Crippen molar-refractivity contribution in [1.82, 2.24) is 0 Å². The van der Waals surface area contributed by atoms with Gasteiger partial charge in [-0.1, -0.05) is 18.2 Å². The SMILES string of the molecule is CSc1ccc(C(=O)CC(=O)c2cccs2)cc1. The van der Waals surface area contributed by atoms with Crippen molar-refractivity contribution in [3.05, 3.63) is 52.2 Å². The predicted octanol–water partition coefficient (Wildman–Crippen LogP) is 3.93. The first kappa shape index (κ1) is 13.1. The van der Waals surface area contributed by atoms with Gasteiger partial charge in [-0.05, 0) is 29.8 Å². The fourth-order valence-corrected chi connectivity index (χ4v) is 2.62. The normalized spacial score (nSPS) is 10.3. The van der Waals surface area contributed by atoms with Crippen LogP contribution in [0.2, 0.25) is 0 Å². The molecule has 0 bridgehead atoms. The van der Waals surface area contributed by atoms with Crippen molar-refractivity contribution in [1.29, 1.82) is 0 Å². The summed E-state index contributed by atoms with van der Waals surface area (Å²) < 4.78 is 0. The molecule has 2 rings (SSSR count). The maximum Gasteiger partial charge on any atom is 0.180 e. The number of carbonyl (C=O) groups is 2. The van der Waals surface area contributed by atoms with Gasteiger partial charge < -0.3 is 0 Å². The molecule has 0 radical (unpaired) electrons. The highest BCUT2D eigenvalue weighted by Crippen LogP contribution is 2.17. The Bertz CT molecular complexity index is 542. The van der Waals surface area contributed by atoms with E-state index in [-0.39, 0.29) is 18.0 Å². The van der Waals surface area contributed by atoms with E-state index in [0.717, 1.165) is 4.90 Å². The molecule has 92 valence electrons. The van der Waals surface area contributed by atoms with Crippen LogP contribution >= 0.6 is 23.1 Å². The Hall–Kier alpha value is -1.39.